The molecule has 0 atom stereocenters. The van der Waals surface area contributed by atoms with E-state index in [4.69, 9.17) is 16.3 Å². The number of nitrogens with zero attached hydrogens (tertiary/aromatic N) is 2. The molecule has 0 aliphatic carbocycles. The number of H-pyrrole nitrogens is 1. The van der Waals surface area contributed by atoms with Crippen molar-refractivity contribution in [3.05, 3.63) is 56.2 Å². The molecule has 1 N–H and O–H groups in total. The monoisotopic (exact) mass is 347 g/mol. The minimum Gasteiger partial charge on any atom is -0.495 e. The second kappa shape index (κ2) is 7.36. The van der Waals surface area contributed by atoms with Crippen molar-refractivity contribution < 1.29 is 4.74 Å². The molecule has 1 aliphatic heterocycles. The topological polar surface area (TPSA) is 58.2 Å². The van der Waals surface area contributed by atoms with Gasteiger partial charge < -0.3 is 9.72 Å². The largest absolute Gasteiger partial charge is 0.495 e. The van der Waals surface area contributed by atoms with Crippen molar-refractivity contribution in [3.63, 3.8) is 0 Å². The number of halogens is 1. The number of ether oxygens (including phenoxy) is 1. The van der Waals surface area contributed by atoms with Gasteiger partial charge in [0, 0.05) is 32.5 Å². The fourth-order valence-corrected chi connectivity index (χ4v) is 3.37. The number of fused-ring (bicyclic) bond motifs is 1. The number of hydrogen-bond acceptors (Lipinski definition) is 4. The van der Waals surface area contributed by atoms with Crippen LogP contribution < -0.4 is 10.3 Å². The van der Waals surface area contributed by atoms with Gasteiger partial charge in [0.25, 0.3) is 5.56 Å². The molecule has 1 aliphatic rings. The van der Waals surface area contributed by atoms with Crippen LogP contribution in [0.15, 0.2) is 23.0 Å². The summed E-state index contributed by atoms with van der Waals surface area (Å²) in [6.07, 6.45) is 2.60. The van der Waals surface area contributed by atoms with Crippen LogP contribution in [0.5, 0.6) is 5.75 Å². The van der Waals surface area contributed by atoms with E-state index in [9.17, 15) is 4.79 Å². The van der Waals surface area contributed by atoms with E-state index in [1.165, 1.54) is 0 Å². The average molecular weight is 348 g/mol. The molecule has 1 aromatic carbocycles. The fourth-order valence-electron chi connectivity index (χ4n) is 3.09. The van der Waals surface area contributed by atoms with Crippen LogP contribution >= 0.6 is 11.6 Å². The molecule has 2 heterocycles. The predicted octanol–water partition coefficient (Wildman–Crippen LogP) is 2.94. The zero-order chi connectivity index (χ0) is 17.1. The molecule has 0 unspecified atom stereocenters. The zero-order valence-electron chi connectivity index (χ0n) is 14.1. The lowest BCUT2D eigenvalue weighted by Gasteiger charge is -2.27. The summed E-state index contributed by atoms with van der Waals surface area (Å²) in [5, 5.41) is 0.608. The van der Waals surface area contributed by atoms with Crippen molar-refractivity contribution in [3.8, 4) is 5.75 Å². The summed E-state index contributed by atoms with van der Waals surface area (Å²) in [5.74, 6) is 1.48. The molecule has 5 nitrogen and oxygen atoms in total. The highest BCUT2D eigenvalue weighted by molar-refractivity contribution is 6.32. The molecule has 0 fully saturated rings. The lowest BCUT2D eigenvalue weighted by atomic mass is 10.1. The van der Waals surface area contributed by atoms with Gasteiger partial charge in [-0.2, -0.15) is 0 Å². The first-order valence-corrected chi connectivity index (χ1v) is 8.64. The van der Waals surface area contributed by atoms with Crippen LogP contribution in [0.2, 0.25) is 5.02 Å². The van der Waals surface area contributed by atoms with Gasteiger partial charge in [-0.3, -0.25) is 9.69 Å². The number of aryl methyl sites for hydroxylation is 1. The van der Waals surface area contributed by atoms with Crippen molar-refractivity contribution in [2.24, 2.45) is 0 Å². The van der Waals surface area contributed by atoms with E-state index < -0.39 is 0 Å². The predicted molar refractivity (Wildman–Crippen MR) is 94.7 cm³/mol. The first-order valence-electron chi connectivity index (χ1n) is 8.26. The third-order valence-electron chi connectivity index (χ3n) is 4.31. The van der Waals surface area contributed by atoms with Crippen molar-refractivity contribution in [1.29, 1.82) is 0 Å². The Morgan fingerprint density at radius 1 is 1.42 bits per heavy atom. The van der Waals surface area contributed by atoms with Gasteiger partial charge in [0.1, 0.15) is 11.6 Å². The van der Waals surface area contributed by atoms with E-state index in [0.717, 1.165) is 55.0 Å². The average Bonchev–Trinajstić information content (AvgIpc) is 2.56. The number of benzene rings is 1. The molecule has 1 aromatic heterocycles. The molecule has 0 radical (unpaired) electrons. The van der Waals surface area contributed by atoms with Gasteiger partial charge >= 0.3 is 0 Å². The van der Waals surface area contributed by atoms with Gasteiger partial charge in [-0.1, -0.05) is 24.6 Å². The smallest absolute Gasteiger partial charge is 0.255 e. The Hall–Kier alpha value is -1.85. The molecule has 24 heavy (non-hydrogen) atoms. The highest BCUT2D eigenvalue weighted by Gasteiger charge is 2.21. The molecular formula is C18H22ClN3O2. The molecule has 3 rings (SSSR count). The summed E-state index contributed by atoms with van der Waals surface area (Å²) in [6.45, 7) is 4.34. The third kappa shape index (κ3) is 3.62. The SMILES string of the molecule is CCCc1nc2c(c(=O)[nH]1)CN(Cc1ccc(OC)c(Cl)c1)CC2. The number of aromatic nitrogens is 2. The summed E-state index contributed by atoms with van der Waals surface area (Å²) < 4.78 is 5.18. The molecule has 2 aromatic rings. The van der Waals surface area contributed by atoms with E-state index in [2.05, 4.69) is 21.8 Å². The highest BCUT2D eigenvalue weighted by Crippen LogP contribution is 2.26. The van der Waals surface area contributed by atoms with Crippen molar-refractivity contribution in [2.75, 3.05) is 13.7 Å². The maximum Gasteiger partial charge on any atom is 0.255 e. The molecule has 0 amide bonds. The van der Waals surface area contributed by atoms with Crippen LogP contribution in [-0.2, 0) is 25.9 Å². The second-order valence-electron chi connectivity index (χ2n) is 6.12. The minimum atomic E-state index is 0.000846. The van der Waals surface area contributed by atoms with E-state index in [1.807, 2.05) is 18.2 Å². The Bertz CT molecular complexity index is 788. The number of hydrogen-bond donors (Lipinski definition) is 1. The molecule has 6 heteroatoms. The van der Waals surface area contributed by atoms with E-state index in [-0.39, 0.29) is 5.56 Å². The van der Waals surface area contributed by atoms with Crippen LogP contribution in [0.3, 0.4) is 0 Å². The molecule has 0 bridgehead atoms. The Morgan fingerprint density at radius 2 is 2.25 bits per heavy atom. The Balaban J connectivity index is 1.75. The summed E-state index contributed by atoms with van der Waals surface area (Å²) >= 11 is 6.19. The summed E-state index contributed by atoms with van der Waals surface area (Å²) in [4.78, 5) is 22.1. The van der Waals surface area contributed by atoms with Gasteiger partial charge in [-0.15, -0.1) is 0 Å². The van der Waals surface area contributed by atoms with Gasteiger partial charge in [0.05, 0.1) is 23.4 Å². The fraction of sp³-hybridized carbons (Fsp3) is 0.444. The highest BCUT2D eigenvalue weighted by atomic mass is 35.5. The Kier molecular flexibility index (Phi) is 5.21. The van der Waals surface area contributed by atoms with Crippen LogP contribution in [0, 0.1) is 0 Å². The van der Waals surface area contributed by atoms with E-state index in [0.29, 0.717) is 17.3 Å². The number of methoxy groups -OCH3 is 1. The molecule has 128 valence electrons. The summed E-state index contributed by atoms with van der Waals surface area (Å²) in [7, 11) is 1.61. The zero-order valence-corrected chi connectivity index (χ0v) is 14.8. The van der Waals surface area contributed by atoms with Crippen LogP contribution in [0.25, 0.3) is 0 Å². The number of nitrogens with one attached hydrogen (secondary N) is 1. The molecule has 0 saturated heterocycles. The standard InChI is InChI=1S/C18H22ClN3O2/c1-3-4-17-20-15-7-8-22(11-13(15)18(23)21-17)10-12-5-6-16(24-2)14(19)9-12/h5-6,9H,3-4,7-8,10-11H2,1-2H3,(H,20,21,23). The maximum absolute atomic E-state index is 12.3. The van der Waals surface area contributed by atoms with E-state index in [1.54, 1.807) is 7.11 Å². The van der Waals surface area contributed by atoms with Gasteiger partial charge in [0.2, 0.25) is 0 Å². The minimum absolute atomic E-state index is 0.000846. The lowest BCUT2D eigenvalue weighted by Crippen LogP contribution is -2.35. The number of rotatable bonds is 5. The third-order valence-corrected chi connectivity index (χ3v) is 4.60. The molecule has 0 saturated carbocycles. The lowest BCUT2D eigenvalue weighted by molar-refractivity contribution is 0.241. The Labute approximate surface area is 146 Å². The normalized spacial score (nSPS) is 14.5. The second-order valence-corrected chi connectivity index (χ2v) is 6.52. The van der Waals surface area contributed by atoms with Crippen LogP contribution in [0.4, 0.5) is 0 Å². The number of aromatic amines is 1. The summed E-state index contributed by atoms with van der Waals surface area (Å²) in [5.41, 5.74) is 2.85. The quantitative estimate of drug-likeness (QED) is 0.903. The van der Waals surface area contributed by atoms with Crippen molar-refractivity contribution in [2.45, 2.75) is 39.3 Å². The van der Waals surface area contributed by atoms with E-state index >= 15 is 0 Å². The van der Waals surface area contributed by atoms with Gasteiger partial charge in [-0.25, -0.2) is 4.98 Å². The van der Waals surface area contributed by atoms with Crippen molar-refractivity contribution in [1.82, 2.24) is 14.9 Å². The first-order chi connectivity index (χ1) is 11.6. The molecular weight excluding hydrogens is 326 g/mol. The van der Waals surface area contributed by atoms with Crippen molar-refractivity contribution >= 4 is 11.6 Å². The maximum atomic E-state index is 12.3. The molecule has 0 spiro atoms. The summed E-state index contributed by atoms with van der Waals surface area (Å²) in [6, 6.07) is 5.80. The van der Waals surface area contributed by atoms with Crippen LogP contribution in [-0.4, -0.2) is 28.5 Å². The van der Waals surface area contributed by atoms with Crippen LogP contribution in [0.1, 0.15) is 36.0 Å². The van der Waals surface area contributed by atoms with Gasteiger partial charge in [0.15, 0.2) is 0 Å². The Morgan fingerprint density at radius 3 is 2.96 bits per heavy atom. The van der Waals surface area contributed by atoms with Gasteiger partial charge in [-0.05, 0) is 24.1 Å². The first kappa shape index (κ1) is 17.0.